The number of carbonyl (C=O) groups excluding carboxylic acids is 1. The van der Waals surface area contributed by atoms with Crippen LogP contribution in [-0.2, 0) is 16.1 Å². The summed E-state index contributed by atoms with van der Waals surface area (Å²) in [6.07, 6.45) is 4.08. The summed E-state index contributed by atoms with van der Waals surface area (Å²) < 4.78 is 1.90. The van der Waals surface area contributed by atoms with E-state index in [1.165, 1.54) is 0 Å². The summed E-state index contributed by atoms with van der Waals surface area (Å²) in [5.41, 5.74) is 0. The summed E-state index contributed by atoms with van der Waals surface area (Å²) in [4.78, 5) is 21.5. The highest BCUT2D eigenvalue weighted by molar-refractivity contribution is 5.76. The molecule has 0 aliphatic carbocycles. The zero-order valence-electron chi connectivity index (χ0n) is 9.30. The van der Waals surface area contributed by atoms with Crippen molar-refractivity contribution in [2.75, 3.05) is 6.54 Å². The molecule has 1 rings (SSSR count). The molecule has 5 nitrogen and oxygen atoms in total. The second-order valence-corrected chi connectivity index (χ2v) is 3.36. The minimum absolute atomic E-state index is 0. The second kappa shape index (κ2) is 8.69. The molecule has 6 heteroatoms. The Morgan fingerprint density at radius 2 is 1.76 bits per heavy atom. The fourth-order valence-corrected chi connectivity index (χ4v) is 1.21. The van der Waals surface area contributed by atoms with Crippen molar-refractivity contribution in [3.8, 4) is 0 Å². The monoisotopic (exact) mass is 302 g/mol. The van der Waals surface area contributed by atoms with Gasteiger partial charge in [-0.15, -0.1) is 0 Å². The van der Waals surface area contributed by atoms with E-state index < -0.39 is 5.97 Å². The molecule has 0 aliphatic heterocycles. The lowest BCUT2D eigenvalue weighted by Gasteiger charge is -2.01. The number of rotatable bonds is 6. The smallest absolute Gasteiger partial charge is 0.305 e. The molecule has 94 valence electrons. The van der Waals surface area contributed by atoms with Crippen molar-refractivity contribution in [1.82, 2.24) is 5.32 Å². The van der Waals surface area contributed by atoms with Crippen molar-refractivity contribution in [3.05, 3.63) is 30.6 Å². The normalized spacial score (nSPS) is 9.18. The minimum Gasteiger partial charge on any atom is -1.00 e. The van der Waals surface area contributed by atoms with Gasteiger partial charge in [0.25, 0.3) is 0 Å². The van der Waals surface area contributed by atoms with Crippen LogP contribution >= 0.6 is 0 Å². The van der Waals surface area contributed by atoms with Crippen molar-refractivity contribution in [2.45, 2.75) is 19.4 Å². The van der Waals surface area contributed by atoms with E-state index in [4.69, 9.17) is 5.11 Å². The number of carbonyl (C=O) groups is 2. The predicted molar refractivity (Wildman–Crippen MR) is 56.5 cm³/mol. The van der Waals surface area contributed by atoms with Crippen molar-refractivity contribution < 1.29 is 36.2 Å². The van der Waals surface area contributed by atoms with Crippen LogP contribution in [0.25, 0.3) is 0 Å². The van der Waals surface area contributed by atoms with Crippen LogP contribution in [0.2, 0.25) is 0 Å². The van der Waals surface area contributed by atoms with Gasteiger partial charge >= 0.3 is 5.97 Å². The molecule has 0 atom stereocenters. The van der Waals surface area contributed by atoms with Gasteiger partial charge in [-0.1, -0.05) is 6.07 Å². The standard InChI is InChI=1S/C11H14N2O3.BrH/c14-10(12-6-4-11(15)16)5-9-13-7-2-1-3-8-13;/h1-3,7-8H,4-6,9H2,(H-,12,14,15,16);1H. The van der Waals surface area contributed by atoms with Crippen molar-refractivity contribution in [3.63, 3.8) is 0 Å². The summed E-state index contributed by atoms with van der Waals surface area (Å²) in [7, 11) is 0. The van der Waals surface area contributed by atoms with Crippen LogP contribution in [0, 0.1) is 0 Å². The maximum Gasteiger partial charge on any atom is 0.305 e. The molecule has 0 spiro atoms. The largest absolute Gasteiger partial charge is 1.00 e. The van der Waals surface area contributed by atoms with Crippen molar-refractivity contribution in [2.24, 2.45) is 0 Å². The molecule has 0 aromatic carbocycles. The first-order chi connectivity index (χ1) is 7.68. The highest BCUT2D eigenvalue weighted by Crippen LogP contribution is 1.84. The molecule has 1 amide bonds. The first-order valence-electron chi connectivity index (χ1n) is 5.11. The summed E-state index contributed by atoms with van der Waals surface area (Å²) in [5, 5.41) is 10.9. The maximum absolute atomic E-state index is 11.3. The quantitative estimate of drug-likeness (QED) is 0.549. The molecule has 0 aliphatic rings. The average Bonchev–Trinajstić information content (AvgIpc) is 2.27. The first kappa shape index (κ1) is 15.6. The van der Waals surface area contributed by atoms with Gasteiger partial charge in [-0.05, 0) is 0 Å². The topological polar surface area (TPSA) is 70.3 Å². The molecular formula is C11H15BrN2O3. The van der Waals surface area contributed by atoms with Crippen LogP contribution in [0.1, 0.15) is 12.8 Å². The Morgan fingerprint density at radius 1 is 1.12 bits per heavy atom. The van der Waals surface area contributed by atoms with Crippen molar-refractivity contribution in [1.29, 1.82) is 0 Å². The number of aryl methyl sites for hydroxylation is 1. The highest BCUT2D eigenvalue weighted by Gasteiger charge is 2.06. The van der Waals surface area contributed by atoms with Crippen LogP contribution in [0.4, 0.5) is 0 Å². The fourth-order valence-electron chi connectivity index (χ4n) is 1.21. The van der Waals surface area contributed by atoms with Crippen LogP contribution in [0.15, 0.2) is 30.6 Å². The Labute approximate surface area is 110 Å². The van der Waals surface area contributed by atoms with Crippen molar-refractivity contribution >= 4 is 11.9 Å². The molecule has 1 aromatic heterocycles. The molecule has 1 heterocycles. The zero-order chi connectivity index (χ0) is 11.8. The van der Waals surface area contributed by atoms with Gasteiger partial charge in [-0.3, -0.25) is 9.59 Å². The van der Waals surface area contributed by atoms with E-state index in [2.05, 4.69) is 5.32 Å². The average molecular weight is 303 g/mol. The Morgan fingerprint density at radius 3 is 2.35 bits per heavy atom. The third kappa shape index (κ3) is 7.46. The molecule has 0 radical (unpaired) electrons. The number of aliphatic carboxylic acids is 1. The molecule has 1 aromatic rings. The highest BCUT2D eigenvalue weighted by atomic mass is 79.9. The van der Waals surface area contributed by atoms with Gasteiger partial charge in [0.2, 0.25) is 5.91 Å². The molecule has 17 heavy (non-hydrogen) atoms. The number of pyridine rings is 1. The summed E-state index contributed by atoms with van der Waals surface area (Å²) in [6, 6.07) is 5.69. The van der Waals surface area contributed by atoms with Gasteiger partial charge in [0, 0.05) is 18.7 Å². The number of amides is 1. The number of halogens is 1. The number of hydrogen-bond acceptors (Lipinski definition) is 2. The number of nitrogens with one attached hydrogen (secondary N) is 1. The molecule has 2 N–H and O–H groups in total. The Hall–Kier alpha value is -1.43. The minimum atomic E-state index is -0.905. The van der Waals surface area contributed by atoms with Crippen LogP contribution < -0.4 is 26.9 Å². The van der Waals surface area contributed by atoms with Gasteiger partial charge < -0.3 is 27.4 Å². The third-order valence-electron chi connectivity index (χ3n) is 2.04. The van der Waals surface area contributed by atoms with E-state index in [0.717, 1.165) is 0 Å². The number of hydrogen-bond donors (Lipinski definition) is 2. The van der Waals surface area contributed by atoms with Crippen LogP contribution in [0.5, 0.6) is 0 Å². The van der Waals surface area contributed by atoms with Gasteiger partial charge in [0.15, 0.2) is 18.9 Å². The molecular weight excluding hydrogens is 288 g/mol. The maximum atomic E-state index is 11.3. The van der Waals surface area contributed by atoms with E-state index >= 15 is 0 Å². The predicted octanol–water partition coefficient (Wildman–Crippen LogP) is -3.04. The van der Waals surface area contributed by atoms with Gasteiger partial charge in [-0.25, -0.2) is 4.57 Å². The molecule has 0 bridgehead atoms. The molecule has 0 fully saturated rings. The summed E-state index contributed by atoms with van der Waals surface area (Å²) in [5.74, 6) is -1.03. The zero-order valence-corrected chi connectivity index (χ0v) is 10.9. The summed E-state index contributed by atoms with van der Waals surface area (Å²) >= 11 is 0. The van der Waals surface area contributed by atoms with Crippen LogP contribution in [0.3, 0.4) is 0 Å². The Balaban J connectivity index is 0.00000256. The number of carboxylic acids is 1. The number of nitrogens with zero attached hydrogens (tertiary/aromatic N) is 1. The lowest BCUT2D eigenvalue weighted by atomic mass is 10.3. The van der Waals surface area contributed by atoms with Gasteiger partial charge in [-0.2, -0.15) is 0 Å². The van der Waals surface area contributed by atoms with E-state index in [1.807, 2.05) is 35.2 Å². The van der Waals surface area contributed by atoms with E-state index in [0.29, 0.717) is 13.0 Å². The van der Waals surface area contributed by atoms with E-state index in [-0.39, 0.29) is 35.9 Å². The van der Waals surface area contributed by atoms with Crippen LogP contribution in [-0.4, -0.2) is 23.5 Å². The fraction of sp³-hybridized carbons (Fsp3) is 0.364. The number of carboxylic acid groups (broad SMARTS) is 1. The Kier molecular flexibility index (Phi) is 7.96. The van der Waals surface area contributed by atoms with Gasteiger partial charge in [0.1, 0.15) is 0 Å². The van der Waals surface area contributed by atoms with E-state index in [9.17, 15) is 9.59 Å². The SMILES string of the molecule is O=C(O)CCNC(=O)CC[n+]1ccccc1.[Br-]. The lowest BCUT2D eigenvalue weighted by Crippen LogP contribution is -3.00. The lowest BCUT2D eigenvalue weighted by molar-refractivity contribution is -0.695. The van der Waals surface area contributed by atoms with E-state index in [1.54, 1.807) is 0 Å². The third-order valence-corrected chi connectivity index (χ3v) is 2.04. The Bertz CT molecular complexity index is 357. The molecule has 0 saturated carbocycles. The molecule has 0 saturated heterocycles. The first-order valence-corrected chi connectivity index (χ1v) is 5.11. The molecule has 0 unspecified atom stereocenters. The summed E-state index contributed by atoms with van der Waals surface area (Å²) in [6.45, 7) is 0.785. The number of aromatic nitrogens is 1. The van der Waals surface area contributed by atoms with Gasteiger partial charge in [0.05, 0.1) is 12.8 Å². The second-order valence-electron chi connectivity index (χ2n) is 3.36.